The van der Waals surface area contributed by atoms with E-state index in [0.29, 0.717) is 17.8 Å². The second-order valence-corrected chi connectivity index (χ2v) is 6.21. The largest absolute Gasteiger partial charge is 0.345 e. The number of nitrogens with one attached hydrogen (secondary N) is 1. The van der Waals surface area contributed by atoms with E-state index in [1.165, 1.54) is 12.4 Å². The Morgan fingerprint density at radius 1 is 1.33 bits per heavy atom. The van der Waals surface area contributed by atoms with Gasteiger partial charge in [0, 0.05) is 48.0 Å². The van der Waals surface area contributed by atoms with Crippen LogP contribution in [0.4, 0.5) is 4.39 Å². The number of imidazole rings is 1. The molecule has 0 radical (unpaired) electrons. The number of rotatable bonds is 4. The zero-order valence-corrected chi connectivity index (χ0v) is 15.4. The number of hydrogen-bond donors (Lipinski definition) is 1. The number of aryl methyl sites for hydroxylation is 1. The van der Waals surface area contributed by atoms with Gasteiger partial charge in [0.1, 0.15) is 12.0 Å². The summed E-state index contributed by atoms with van der Waals surface area (Å²) >= 11 is 0. The molecule has 0 saturated carbocycles. The SMILES string of the molecule is C/C=C(\C=NCC)c1ncnc2[nH]cc(-c3cc(F)c4nc(C)cn4c3)c12. The smallest absolute Gasteiger partial charge is 0.173 e. The number of fused-ring (bicyclic) bond motifs is 2. The molecule has 4 aromatic rings. The highest BCUT2D eigenvalue weighted by Gasteiger charge is 2.17. The van der Waals surface area contributed by atoms with Gasteiger partial charge in [0.15, 0.2) is 11.5 Å². The lowest BCUT2D eigenvalue weighted by molar-refractivity contribution is 0.630. The lowest BCUT2D eigenvalue weighted by Crippen LogP contribution is -1.96. The van der Waals surface area contributed by atoms with Gasteiger partial charge in [-0.25, -0.2) is 19.3 Å². The standard InChI is InChI=1S/C20H19FN6/c1-4-13(7-22-5-2)18-17-15(8-23-19(17)25-11-24-18)14-6-16(21)20-26-12(3)9-27(20)10-14/h4,6-11H,5H2,1-3H3,(H,23,24,25)/b13-4+,22-7?. The molecule has 0 aromatic carbocycles. The maximum absolute atomic E-state index is 14.6. The fraction of sp³-hybridized carbons (Fsp3) is 0.200. The molecule has 4 aromatic heterocycles. The normalized spacial score (nSPS) is 12.7. The average molecular weight is 362 g/mol. The summed E-state index contributed by atoms with van der Waals surface area (Å²) in [5.74, 6) is -0.368. The van der Waals surface area contributed by atoms with E-state index in [9.17, 15) is 4.39 Å². The molecule has 7 heteroatoms. The van der Waals surface area contributed by atoms with E-state index in [-0.39, 0.29) is 5.82 Å². The van der Waals surface area contributed by atoms with Crippen LogP contribution < -0.4 is 0 Å². The number of pyridine rings is 1. The lowest BCUT2D eigenvalue weighted by atomic mass is 10.0. The van der Waals surface area contributed by atoms with E-state index in [0.717, 1.165) is 33.5 Å². The number of aromatic amines is 1. The van der Waals surface area contributed by atoms with Crippen molar-refractivity contribution in [1.29, 1.82) is 0 Å². The van der Waals surface area contributed by atoms with Gasteiger partial charge in [-0.05, 0) is 26.8 Å². The van der Waals surface area contributed by atoms with Crippen molar-refractivity contribution in [3.05, 3.63) is 54.3 Å². The summed E-state index contributed by atoms with van der Waals surface area (Å²) < 4.78 is 16.3. The minimum Gasteiger partial charge on any atom is -0.345 e. The highest BCUT2D eigenvalue weighted by atomic mass is 19.1. The number of H-pyrrole nitrogens is 1. The van der Waals surface area contributed by atoms with Crippen LogP contribution in [0.1, 0.15) is 25.2 Å². The fourth-order valence-corrected chi connectivity index (χ4v) is 3.20. The van der Waals surface area contributed by atoms with Crippen LogP contribution in [-0.4, -0.2) is 37.1 Å². The van der Waals surface area contributed by atoms with Crippen LogP contribution in [0, 0.1) is 12.7 Å². The van der Waals surface area contributed by atoms with Gasteiger partial charge in [0.25, 0.3) is 0 Å². The van der Waals surface area contributed by atoms with Crippen molar-refractivity contribution in [1.82, 2.24) is 24.3 Å². The zero-order chi connectivity index (χ0) is 19.0. The van der Waals surface area contributed by atoms with Gasteiger partial charge in [0.05, 0.1) is 16.8 Å². The molecule has 6 nitrogen and oxygen atoms in total. The third kappa shape index (κ3) is 2.91. The quantitative estimate of drug-likeness (QED) is 0.553. The second kappa shape index (κ2) is 6.75. The van der Waals surface area contributed by atoms with Crippen LogP contribution in [0.25, 0.3) is 33.4 Å². The van der Waals surface area contributed by atoms with Crippen molar-refractivity contribution in [2.45, 2.75) is 20.8 Å². The predicted octanol–water partition coefficient (Wildman–Crippen LogP) is 4.21. The third-order valence-electron chi connectivity index (χ3n) is 4.40. The Hall–Kier alpha value is -3.35. The molecular formula is C20H19FN6. The molecule has 4 heterocycles. The molecular weight excluding hydrogens is 343 g/mol. The number of hydrogen-bond acceptors (Lipinski definition) is 4. The highest BCUT2D eigenvalue weighted by molar-refractivity contribution is 6.15. The van der Waals surface area contributed by atoms with E-state index in [2.05, 4.69) is 24.9 Å². The van der Waals surface area contributed by atoms with Crippen LogP contribution in [0.3, 0.4) is 0 Å². The van der Waals surface area contributed by atoms with Crippen LogP contribution in [0.15, 0.2) is 42.1 Å². The maximum Gasteiger partial charge on any atom is 0.173 e. The minimum absolute atomic E-state index is 0.316. The summed E-state index contributed by atoms with van der Waals surface area (Å²) in [6, 6.07) is 1.50. The summed E-state index contributed by atoms with van der Waals surface area (Å²) in [6.07, 6.45) is 10.8. The minimum atomic E-state index is -0.368. The highest BCUT2D eigenvalue weighted by Crippen LogP contribution is 2.32. The number of aliphatic imine (C=N–C) groups is 1. The molecule has 0 aliphatic rings. The molecule has 0 amide bonds. The molecule has 0 unspecified atom stereocenters. The molecule has 27 heavy (non-hydrogen) atoms. The first-order valence-electron chi connectivity index (χ1n) is 8.76. The summed E-state index contributed by atoms with van der Waals surface area (Å²) in [5.41, 5.74) is 4.99. The Labute approximate surface area is 155 Å². The molecule has 0 fully saturated rings. The Morgan fingerprint density at radius 3 is 2.96 bits per heavy atom. The van der Waals surface area contributed by atoms with Crippen LogP contribution in [0.2, 0.25) is 0 Å². The van der Waals surface area contributed by atoms with Crippen molar-refractivity contribution >= 4 is 28.5 Å². The molecule has 0 spiro atoms. The molecule has 0 saturated heterocycles. The van der Waals surface area contributed by atoms with Gasteiger partial charge >= 0.3 is 0 Å². The van der Waals surface area contributed by atoms with Crippen LogP contribution in [0.5, 0.6) is 0 Å². The zero-order valence-electron chi connectivity index (χ0n) is 15.4. The monoisotopic (exact) mass is 362 g/mol. The maximum atomic E-state index is 14.6. The predicted molar refractivity (Wildman–Crippen MR) is 105 cm³/mol. The van der Waals surface area contributed by atoms with Gasteiger partial charge < -0.3 is 9.38 Å². The second-order valence-electron chi connectivity index (χ2n) is 6.21. The van der Waals surface area contributed by atoms with E-state index < -0.39 is 0 Å². The van der Waals surface area contributed by atoms with E-state index >= 15 is 0 Å². The Balaban J connectivity index is 1.97. The lowest BCUT2D eigenvalue weighted by Gasteiger charge is -2.07. The van der Waals surface area contributed by atoms with Gasteiger partial charge in [0.2, 0.25) is 0 Å². The number of halogens is 1. The molecule has 0 aliphatic heterocycles. The molecule has 136 valence electrons. The summed E-state index contributed by atoms with van der Waals surface area (Å²) in [5, 5.41) is 0.837. The number of allylic oxidation sites excluding steroid dienone is 2. The van der Waals surface area contributed by atoms with Gasteiger partial charge in [-0.1, -0.05) is 6.08 Å². The molecule has 4 rings (SSSR count). The summed E-state index contributed by atoms with van der Waals surface area (Å²) in [4.78, 5) is 20.5. The van der Waals surface area contributed by atoms with Crippen LogP contribution >= 0.6 is 0 Å². The topological polar surface area (TPSA) is 71.2 Å². The molecule has 0 atom stereocenters. The van der Waals surface area contributed by atoms with Crippen molar-refractivity contribution in [2.75, 3.05) is 6.54 Å². The van der Waals surface area contributed by atoms with E-state index in [4.69, 9.17) is 0 Å². The Kier molecular flexibility index (Phi) is 4.27. The first-order chi connectivity index (χ1) is 13.1. The third-order valence-corrected chi connectivity index (χ3v) is 4.40. The number of aromatic nitrogens is 5. The first-order valence-corrected chi connectivity index (χ1v) is 8.76. The molecule has 1 N–H and O–H groups in total. The van der Waals surface area contributed by atoms with Crippen molar-refractivity contribution < 1.29 is 4.39 Å². The van der Waals surface area contributed by atoms with Gasteiger partial charge in [-0.3, -0.25) is 4.99 Å². The fourth-order valence-electron chi connectivity index (χ4n) is 3.20. The summed E-state index contributed by atoms with van der Waals surface area (Å²) in [6.45, 7) is 6.45. The van der Waals surface area contributed by atoms with E-state index in [1.807, 2.05) is 45.5 Å². The first kappa shape index (κ1) is 17.1. The van der Waals surface area contributed by atoms with Gasteiger partial charge in [-0.15, -0.1) is 0 Å². The van der Waals surface area contributed by atoms with Crippen molar-refractivity contribution in [3.8, 4) is 11.1 Å². The number of nitrogens with zero attached hydrogens (tertiary/aromatic N) is 5. The van der Waals surface area contributed by atoms with Crippen molar-refractivity contribution in [2.24, 2.45) is 4.99 Å². The summed E-state index contributed by atoms with van der Waals surface area (Å²) in [7, 11) is 0. The van der Waals surface area contributed by atoms with Crippen molar-refractivity contribution in [3.63, 3.8) is 0 Å². The molecule has 0 bridgehead atoms. The van der Waals surface area contributed by atoms with E-state index in [1.54, 1.807) is 10.6 Å². The average Bonchev–Trinajstić information content (AvgIpc) is 3.25. The Bertz CT molecular complexity index is 1200. The van der Waals surface area contributed by atoms with Gasteiger partial charge in [-0.2, -0.15) is 0 Å². The molecule has 0 aliphatic carbocycles. The van der Waals surface area contributed by atoms with Crippen LogP contribution in [-0.2, 0) is 0 Å². The Morgan fingerprint density at radius 2 is 2.19 bits per heavy atom.